The van der Waals surface area contributed by atoms with Gasteiger partial charge in [0.25, 0.3) is 0 Å². The molecule has 0 saturated heterocycles. The first-order chi connectivity index (χ1) is 20.8. The predicted octanol–water partition coefficient (Wildman–Crippen LogP) is 3.48. The van der Waals surface area contributed by atoms with E-state index in [1.54, 1.807) is 24.5 Å². The molecule has 11 heteroatoms. The average molecular weight is 609 g/mol. The fourth-order valence-corrected chi connectivity index (χ4v) is 5.75. The highest BCUT2D eigenvalue weighted by Crippen LogP contribution is 2.28. The SMILES string of the molecule is CC(C)CN([C@H](CO)CCCCNC(=O)[C@@H](NC(=O)NCc1ccncc1)C(c1ccccc1)c1ccccc1)S(=O)[O-]. The van der Waals surface area contributed by atoms with Crippen LogP contribution in [0.5, 0.6) is 0 Å². The van der Waals surface area contributed by atoms with Gasteiger partial charge in [0.1, 0.15) is 6.04 Å². The first-order valence-corrected chi connectivity index (χ1v) is 15.6. The number of carbonyl (C=O) groups is 2. The quantitative estimate of drug-likeness (QED) is 0.136. The van der Waals surface area contributed by atoms with Crippen LogP contribution in [-0.4, -0.2) is 66.9 Å². The van der Waals surface area contributed by atoms with Crippen LogP contribution >= 0.6 is 0 Å². The van der Waals surface area contributed by atoms with E-state index in [9.17, 15) is 23.5 Å². The van der Waals surface area contributed by atoms with Crippen molar-refractivity contribution in [3.05, 3.63) is 102 Å². The summed E-state index contributed by atoms with van der Waals surface area (Å²) in [6, 6.07) is 20.9. The molecule has 232 valence electrons. The molecule has 1 aromatic heterocycles. The molecule has 0 fully saturated rings. The zero-order chi connectivity index (χ0) is 31.0. The van der Waals surface area contributed by atoms with E-state index in [0.717, 1.165) is 16.7 Å². The summed E-state index contributed by atoms with van der Waals surface area (Å²) in [5.74, 6) is -0.665. The summed E-state index contributed by atoms with van der Waals surface area (Å²) in [6.45, 7) is 4.50. The van der Waals surface area contributed by atoms with Gasteiger partial charge < -0.3 is 25.6 Å². The molecular formula is C32H42N5O5S-. The van der Waals surface area contributed by atoms with Crippen LogP contribution in [0.15, 0.2) is 85.2 Å². The number of aliphatic hydroxyl groups excluding tert-OH is 1. The smallest absolute Gasteiger partial charge is 0.315 e. The third-order valence-electron chi connectivity index (χ3n) is 7.04. The summed E-state index contributed by atoms with van der Waals surface area (Å²) in [7, 11) is 0. The lowest BCUT2D eigenvalue weighted by molar-refractivity contribution is -0.123. The Bertz CT molecular complexity index is 1230. The number of nitrogens with zero attached hydrogens (tertiary/aromatic N) is 2. The number of aliphatic hydroxyl groups is 1. The van der Waals surface area contributed by atoms with Crippen molar-refractivity contribution < 1.29 is 23.5 Å². The molecule has 0 spiro atoms. The summed E-state index contributed by atoms with van der Waals surface area (Å²) in [5, 5.41) is 18.5. The number of rotatable bonds is 17. The Morgan fingerprint density at radius 3 is 2.07 bits per heavy atom. The molecule has 3 aromatic rings. The number of hydrogen-bond donors (Lipinski definition) is 4. The van der Waals surface area contributed by atoms with Crippen LogP contribution in [-0.2, 0) is 22.6 Å². The van der Waals surface area contributed by atoms with Gasteiger partial charge in [0.15, 0.2) is 0 Å². The number of benzene rings is 2. The van der Waals surface area contributed by atoms with E-state index in [0.29, 0.717) is 32.4 Å². The van der Waals surface area contributed by atoms with E-state index < -0.39 is 35.3 Å². The Balaban J connectivity index is 1.71. The van der Waals surface area contributed by atoms with Crippen LogP contribution in [0.25, 0.3) is 0 Å². The van der Waals surface area contributed by atoms with Crippen LogP contribution in [0.2, 0.25) is 0 Å². The van der Waals surface area contributed by atoms with Crippen molar-refractivity contribution in [3.63, 3.8) is 0 Å². The van der Waals surface area contributed by atoms with Crippen LogP contribution in [0, 0.1) is 5.92 Å². The predicted molar refractivity (Wildman–Crippen MR) is 166 cm³/mol. The van der Waals surface area contributed by atoms with E-state index in [2.05, 4.69) is 20.9 Å². The van der Waals surface area contributed by atoms with Crippen molar-refractivity contribution in [2.75, 3.05) is 19.7 Å². The van der Waals surface area contributed by atoms with E-state index in [4.69, 9.17) is 0 Å². The third kappa shape index (κ3) is 11.2. The molecule has 10 nitrogen and oxygen atoms in total. The molecule has 3 atom stereocenters. The van der Waals surface area contributed by atoms with Gasteiger partial charge in [-0.1, -0.05) is 80.9 Å². The maximum Gasteiger partial charge on any atom is 0.315 e. The largest absolute Gasteiger partial charge is 0.760 e. The van der Waals surface area contributed by atoms with Gasteiger partial charge in [-0.05, 0) is 47.6 Å². The topological polar surface area (TPSA) is 147 Å². The zero-order valence-electron chi connectivity index (χ0n) is 24.7. The molecular weight excluding hydrogens is 566 g/mol. The van der Waals surface area contributed by atoms with Gasteiger partial charge in [0, 0.05) is 55.3 Å². The van der Waals surface area contributed by atoms with Crippen molar-refractivity contribution in [1.82, 2.24) is 25.2 Å². The number of aromatic nitrogens is 1. The number of pyridine rings is 1. The number of urea groups is 1. The maximum absolute atomic E-state index is 13.7. The molecule has 2 aromatic carbocycles. The van der Waals surface area contributed by atoms with Crippen LogP contribution in [0.4, 0.5) is 4.79 Å². The fourth-order valence-electron chi connectivity index (χ4n) is 4.92. The van der Waals surface area contributed by atoms with Crippen molar-refractivity contribution in [1.29, 1.82) is 0 Å². The first-order valence-electron chi connectivity index (χ1n) is 14.6. The highest BCUT2D eigenvalue weighted by Gasteiger charge is 2.32. The Kier molecular flexibility index (Phi) is 14.3. The third-order valence-corrected chi connectivity index (χ3v) is 7.87. The number of hydrogen-bond acceptors (Lipinski definition) is 6. The Morgan fingerprint density at radius 2 is 1.53 bits per heavy atom. The minimum Gasteiger partial charge on any atom is -0.760 e. The van der Waals surface area contributed by atoms with Crippen LogP contribution in [0.1, 0.15) is 55.7 Å². The maximum atomic E-state index is 13.7. The van der Waals surface area contributed by atoms with Gasteiger partial charge in [0.2, 0.25) is 5.91 Å². The van der Waals surface area contributed by atoms with Gasteiger partial charge >= 0.3 is 6.03 Å². The lowest BCUT2D eigenvalue weighted by atomic mass is 9.84. The van der Waals surface area contributed by atoms with Gasteiger partial charge in [-0.3, -0.25) is 14.0 Å². The molecule has 1 heterocycles. The van der Waals surface area contributed by atoms with Gasteiger partial charge in [-0.15, -0.1) is 0 Å². The molecule has 0 aliphatic carbocycles. The normalized spacial score (nSPS) is 13.5. The van der Waals surface area contributed by atoms with Crippen LogP contribution in [0.3, 0.4) is 0 Å². The Labute approximate surface area is 256 Å². The standard InChI is InChI=1S/C32H43N5O5S/c1-24(2)22-37(43(41)42)28(23-38)15-9-10-18-34-31(39)30(36-32(40)35-21-25-16-19-33-20-17-25)29(26-11-5-3-6-12-26)27-13-7-4-8-14-27/h3-8,11-14,16-17,19-20,24,28-30,38H,9-10,15,18,21-23H2,1-2H3,(H,34,39)(H,41,42)(H2,35,36,40)/p-1/t28-,30-/m0/s1. The minimum atomic E-state index is -2.43. The second-order valence-corrected chi connectivity index (χ2v) is 11.7. The molecule has 1 unspecified atom stereocenters. The summed E-state index contributed by atoms with van der Waals surface area (Å²) in [6.07, 6.45) is 4.93. The van der Waals surface area contributed by atoms with E-state index in [-0.39, 0.29) is 25.0 Å². The fraction of sp³-hybridized carbons (Fsp3) is 0.406. The lowest BCUT2D eigenvalue weighted by Gasteiger charge is -2.33. The summed E-state index contributed by atoms with van der Waals surface area (Å²) < 4.78 is 24.7. The number of nitrogens with one attached hydrogen (secondary N) is 3. The molecule has 0 aliphatic rings. The molecule has 3 rings (SSSR count). The molecule has 43 heavy (non-hydrogen) atoms. The number of carbonyl (C=O) groups excluding carboxylic acids is 2. The molecule has 0 saturated carbocycles. The van der Waals surface area contributed by atoms with Gasteiger partial charge in [-0.25, -0.2) is 9.10 Å². The molecule has 3 amide bonds. The van der Waals surface area contributed by atoms with E-state index >= 15 is 0 Å². The summed E-state index contributed by atoms with van der Waals surface area (Å²) in [4.78, 5) is 30.8. The monoisotopic (exact) mass is 608 g/mol. The second kappa shape index (κ2) is 18.1. The second-order valence-electron chi connectivity index (χ2n) is 10.8. The summed E-state index contributed by atoms with van der Waals surface area (Å²) in [5.41, 5.74) is 2.64. The summed E-state index contributed by atoms with van der Waals surface area (Å²) >= 11 is -2.43. The van der Waals surface area contributed by atoms with Crippen molar-refractivity contribution in [3.8, 4) is 0 Å². The highest BCUT2D eigenvalue weighted by molar-refractivity contribution is 7.76. The zero-order valence-corrected chi connectivity index (χ0v) is 25.5. The minimum absolute atomic E-state index is 0.125. The molecule has 0 aliphatic heterocycles. The van der Waals surface area contributed by atoms with E-state index in [1.807, 2.05) is 74.5 Å². The van der Waals surface area contributed by atoms with Gasteiger partial charge in [0.05, 0.1) is 6.61 Å². The molecule has 4 N–H and O–H groups in total. The lowest BCUT2D eigenvalue weighted by Crippen LogP contribution is -2.53. The highest BCUT2D eigenvalue weighted by atomic mass is 32.2. The van der Waals surface area contributed by atoms with Gasteiger partial charge in [-0.2, -0.15) is 0 Å². The van der Waals surface area contributed by atoms with E-state index in [1.165, 1.54) is 4.31 Å². The average Bonchev–Trinajstić information content (AvgIpc) is 3.02. The number of amides is 3. The van der Waals surface area contributed by atoms with Crippen molar-refractivity contribution >= 4 is 23.2 Å². The molecule has 0 bridgehead atoms. The molecule has 0 radical (unpaired) electrons. The Morgan fingerprint density at radius 1 is 0.930 bits per heavy atom. The Hall–Kier alpha value is -3.64. The van der Waals surface area contributed by atoms with Crippen molar-refractivity contribution in [2.24, 2.45) is 5.92 Å². The first kappa shape index (κ1) is 33.9. The van der Waals surface area contributed by atoms with Crippen LogP contribution < -0.4 is 16.0 Å². The number of unbranched alkanes of at least 4 members (excludes halogenated alkanes) is 1. The van der Waals surface area contributed by atoms with Crippen molar-refractivity contribution in [2.45, 2.75) is 57.7 Å².